The first kappa shape index (κ1) is 19.9. The van der Waals surface area contributed by atoms with E-state index < -0.39 is 0 Å². The zero-order valence-corrected chi connectivity index (χ0v) is 16.8. The molecule has 2 aromatic carbocycles. The van der Waals surface area contributed by atoms with Gasteiger partial charge in [0.25, 0.3) is 0 Å². The third kappa shape index (κ3) is 5.83. The highest BCUT2D eigenvalue weighted by Gasteiger charge is 2.22. The van der Waals surface area contributed by atoms with Crippen molar-refractivity contribution in [1.29, 1.82) is 0 Å². The molecule has 0 aromatic heterocycles. The first-order valence-electron chi connectivity index (χ1n) is 9.64. The van der Waals surface area contributed by atoms with Crippen LogP contribution in [0.1, 0.15) is 24.1 Å². The molecular weight excluding hydrogens is 354 g/mol. The molecule has 0 spiro atoms. The summed E-state index contributed by atoms with van der Waals surface area (Å²) in [5, 5.41) is 2.99. The van der Waals surface area contributed by atoms with Crippen molar-refractivity contribution in [2.45, 2.75) is 19.4 Å². The lowest BCUT2D eigenvalue weighted by atomic mass is 9.94. The predicted octanol–water partition coefficient (Wildman–Crippen LogP) is 3.55. The lowest BCUT2D eigenvalue weighted by Gasteiger charge is -2.26. The van der Waals surface area contributed by atoms with Gasteiger partial charge in [0, 0.05) is 42.9 Å². The molecule has 1 saturated heterocycles. The van der Waals surface area contributed by atoms with Gasteiger partial charge in [0.05, 0.1) is 5.92 Å². The summed E-state index contributed by atoms with van der Waals surface area (Å²) in [6, 6.07) is 17.6. The van der Waals surface area contributed by atoms with Crippen molar-refractivity contribution < 1.29 is 4.79 Å². The Hall–Kier alpha value is -1.82. The molecule has 1 fully saturated rings. The summed E-state index contributed by atoms with van der Waals surface area (Å²) in [5.41, 5.74) is 9.37. The Kier molecular flexibility index (Phi) is 7.33. The maximum atomic E-state index is 12.5. The highest BCUT2D eigenvalue weighted by molar-refractivity contribution is 7.99. The fourth-order valence-electron chi connectivity index (χ4n) is 3.25. The highest BCUT2D eigenvalue weighted by Crippen LogP contribution is 2.21. The molecule has 2 unspecified atom stereocenters. The average molecular weight is 384 g/mol. The van der Waals surface area contributed by atoms with E-state index in [0.717, 1.165) is 24.2 Å². The molecule has 1 aliphatic heterocycles. The minimum Gasteiger partial charge on any atom is -0.326 e. The quantitative estimate of drug-likeness (QED) is 0.768. The van der Waals surface area contributed by atoms with Gasteiger partial charge in [-0.15, -0.1) is 0 Å². The number of nitrogens with zero attached hydrogens (tertiary/aromatic N) is 1. The van der Waals surface area contributed by atoms with E-state index in [2.05, 4.69) is 22.3 Å². The van der Waals surface area contributed by atoms with Crippen LogP contribution in [0.5, 0.6) is 0 Å². The van der Waals surface area contributed by atoms with Crippen LogP contribution in [0.3, 0.4) is 0 Å². The van der Waals surface area contributed by atoms with Gasteiger partial charge in [-0.05, 0) is 29.7 Å². The smallest absolute Gasteiger partial charge is 0.229 e. The SMILES string of the molecule is CC(C(=O)Nc1ccc(CCN2CCSCC2)cc1)C(N)c1ccccc1. The summed E-state index contributed by atoms with van der Waals surface area (Å²) in [6.07, 6.45) is 1.05. The number of nitrogens with two attached hydrogens (primary N) is 1. The van der Waals surface area contributed by atoms with E-state index in [9.17, 15) is 4.79 Å². The number of carbonyl (C=O) groups excluding carboxylic acids is 1. The molecule has 3 rings (SSSR count). The van der Waals surface area contributed by atoms with Crippen molar-refractivity contribution in [1.82, 2.24) is 4.90 Å². The Bertz CT molecular complexity index is 714. The molecule has 0 bridgehead atoms. The van der Waals surface area contributed by atoms with Crippen molar-refractivity contribution in [2.75, 3.05) is 36.5 Å². The van der Waals surface area contributed by atoms with Crippen LogP contribution in [-0.2, 0) is 11.2 Å². The van der Waals surface area contributed by atoms with Gasteiger partial charge in [-0.1, -0.05) is 49.4 Å². The van der Waals surface area contributed by atoms with Crippen molar-refractivity contribution in [3.63, 3.8) is 0 Å². The molecule has 1 aliphatic rings. The third-order valence-corrected chi connectivity index (χ3v) is 6.12. The molecule has 4 nitrogen and oxygen atoms in total. The van der Waals surface area contributed by atoms with Crippen LogP contribution < -0.4 is 11.1 Å². The number of rotatable bonds is 7. The lowest BCUT2D eigenvalue weighted by molar-refractivity contribution is -0.120. The molecule has 2 aromatic rings. The number of benzene rings is 2. The van der Waals surface area contributed by atoms with Gasteiger partial charge in [0.2, 0.25) is 5.91 Å². The third-order valence-electron chi connectivity index (χ3n) is 5.18. The normalized spacial score (nSPS) is 17.3. The number of hydrogen-bond donors (Lipinski definition) is 2. The standard InChI is InChI=1S/C22H29N3OS/c1-17(21(23)19-5-3-2-4-6-19)22(26)24-20-9-7-18(8-10-20)11-12-25-13-15-27-16-14-25/h2-10,17,21H,11-16,23H2,1H3,(H,24,26). The van der Waals surface area contributed by atoms with Crippen molar-refractivity contribution in [2.24, 2.45) is 11.7 Å². The topological polar surface area (TPSA) is 58.4 Å². The summed E-state index contributed by atoms with van der Waals surface area (Å²) in [5.74, 6) is 2.14. The Morgan fingerprint density at radius 3 is 2.44 bits per heavy atom. The van der Waals surface area contributed by atoms with Crippen LogP contribution in [0.4, 0.5) is 5.69 Å². The molecule has 0 saturated carbocycles. The van der Waals surface area contributed by atoms with Crippen LogP contribution in [0, 0.1) is 5.92 Å². The van der Waals surface area contributed by atoms with E-state index >= 15 is 0 Å². The Morgan fingerprint density at radius 2 is 1.78 bits per heavy atom. The summed E-state index contributed by atoms with van der Waals surface area (Å²) in [6.45, 7) is 5.37. The van der Waals surface area contributed by atoms with Crippen LogP contribution in [-0.4, -0.2) is 41.9 Å². The van der Waals surface area contributed by atoms with Gasteiger partial charge in [0.1, 0.15) is 0 Å². The number of thioether (sulfide) groups is 1. The monoisotopic (exact) mass is 383 g/mol. The Labute approximate surface area is 166 Å². The minimum absolute atomic E-state index is 0.0510. The van der Waals surface area contributed by atoms with E-state index in [-0.39, 0.29) is 17.9 Å². The van der Waals surface area contributed by atoms with Crippen LogP contribution in [0.15, 0.2) is 54.6 Å². The molecule has 1 heterocycles. The van der Waals surface area contributed by atoms with Gasteiger partial charge in [-0.25, -0.2) is 0 Å². The molecule has 3 N–H and O–H groups in total. The van der Waals surface area contributed by atoms with Crippen LogP contribution >= 0.6 is 11.8 Å². The van der Waals surface area contributed by atoms with Crippen LogP contribution in [0.25, 0.3) is 0 Å². The van der Waals surface area contributed by atoms with Gasteiger partial charge in [0.15, 0.2) is 0 Å². The van der Waals surface area contributed by atoms with Crippen molar-refractivity contribution >= 4 is 23.4 Å². The molecular formula is C22H29N3OS. The summed E-state index contributed by atoms with van der Waals surface area (Å²) in [7, 11) is 0. The van der Waals surface area contributed by atoms with Crippen molar-refractivity contribution in [3.05, 3.63) is 65.7 Å². The maximum absolute atomic E-state index is 12.5. The molecule has 2 atom stereocenters. The van der Waals surface area contributed by atoms with Crippen LogP contribution in [0.2, 0.25) is 0 Å². The van der Waals surface area contributed by atoms with E-state index in [1.54, 1.807) is 0 Å². The fourth-order valence-corrected chi connectivity index (χ4v) is 4.23. The summed E-state index contributed by atoms with van der Waals surface area (Å²) in [4.78, 5) is 15.1. The van der Waals surface area contributed by atoms with E-state index in [4.69, 9.17) is 5.73 Å². The molecule has 5 heteroatoms. The average Bonchev–Trinajstić information content (AvgIpc) is 2.73. The largest absolute Gasteiger partial charge is 0.326 e. The van der Waals surface area contributed by atoms with Gasteiger partial charge < -0.3 is 16.0 Å². The number of carbonyl (C=O) groups is 1. The van der Waals surface area contributed by atoms with Gasteiger partial charge in [-0.3, -0.25) is 4.79 Å². The minimum atomic E-state index is -0.312. The second kappa shape index (κ2) is 9.93. The first-order chi connectivity index (χ1) is 13.1. The zero-order chi connectivity index (χ0) is 19.1. The molecule has 0 radical (unpaired) electrons. The van der Waals surface area contributed by atoms with E-state index in [1.807, 2.05) is 61.2 Å². The second-order valence-corrected chi connectivity index (χ2v) is 8.34. The number of hydrogen-bond acceptors (Lipinski definition) is 4. The Morgan fingerprint density at radius 1 is 1.11 bits per heavy atom. The van der Waals surface area contributed by atoms with E-state index in [1.165, 1.54) is 30.2 Å². The Balaban J connectivity index is 1.50. The van der Waals surface area contributed by atoms with Gasteiger partial charge in [-0.2, -0.15) is 11.8 Å². The molecule has 0 aliphatic carbocycles. The second-order valence-electron chi connectivity index (χ2n) is 7.12. The summed E-state index contributed by atoms with van der Waals surface area (Å²) >= 11 is 2.04. The van der Waals surface area contributed by atoms with Gasteiger partial charge >= 0.3 is 0 Å². The molecule has 144 valence electrons. The predicted molar refractivity (Wildman–Crippen MR) is 115 cm³/mol. The van der Waals surface area contributed by atoms with E-state index in [0.29, 0.717) is 0 Å². The van der Waals surface area contributed by atoms with Crippen molar-refractivity contribution in [3.8, 4) is 0 Å². The highest BCUT2D eigenvalue weighted by atomic mass is 32.2. The summed E-state index contributed by atoms with van der Waals surface area (Å²) < 4.78 is 0. The number of nitrogens with one attached hydrogen (secondary N) is 1. The number of anilines is 1. The molecule has 27 heavy (non-hydrogen) atoms. The maximum Gasteiger partial charge on any atom is 0.229 e. The first-order valence-corrected chi connectivity index (χ1v) is 10.8. The number of amides is 1. The lowest BCUT2D eigenvalue weighted by Crippen LogP contribution is -2.34. The molecule has 1 amide bonds. The zero-order valence-electron chi connectivity index (χ0n) is 15.9. The fraction of sp³-hybridized carbons (Fsp3) is 0.409.